The molecule has 5 rings (SSSR count). The van der Waals surface area contributed by atoms with E-state index >= 15 is 0 Å². The Balaban J connectivity index is 1.32. The first-order valence-electron chi connectivity index (χ1n) is 10.6. The highest BCUT2D eigenvalue weighted by Gasteiger charge is 2.33. The molecule has 0 saturated carbocycles. The van der Waals surface area contributed by atoms with Crippen LogP contribution in [0.2, 0.25) is 0 Å². The smallest absolute Gasteiger partial charge is 0.241 e. The molecule has 0 unspecified atom stereocenters. The van der Waals surface area contributed by atoms with Crippen LogP contribution in [0.5, 0.6) is 11.5 Å². The molecule has 154 valence electrons. The van der Waals surface area contributed by atoms with E-state index in [2.05, 4.69) is 34.5 Å². The summed E-state index contributed by atoms with van der Waals surface area (Å²) in [6.07, 6.45) is 2.11. The van der Waals surface area contributed by atoms with Gasteiger partial charge in [0.25, 0.3) is 0 Å². The zero-order valence-electron chi connectivity index (χ0n) is 17.1. The summed E-state index contributed by atoms with van der Waals surface area (Å²) in [5, 5.41) is 5.40. The molecule has 2 atom stereocenters. The fourth-order valence-electron chi connectivity index (χ4n) is 4.54. The highest BCUT2D eigenvalue weighted by molar-refractivity contribution is 5.97. The largest absolute Gasteiger partial charge is 0.486 e. The van der Waals surface area contributed by atoms with Crippen LogP contribution in [0.25, 0.3) is 10.8 Å². The van der Waals surface area contributed by atoms with Crippen LogP contribution in [0.3, 0.4) is 0 Å². The maximum Gasteiger partial charge on any atom is 0.241 e. The lowest BCUT2D eigenvalue weighted by molar-refractivity contribution is -0.121. The van der Waals surface area contributed by atoms with Crippen LogP contribution in [0.4, 0.5) is 5.69 Å². The molecule has 1 fully saturated rings. The fourth-order valence-corrected chi connectivity index (χ4v) is 4.54. The van der Waals surface area contributed by atoms with Gasteiger partial charge in [-0.2, -0.15) is 0 Å². The second-order valence-corrected chi connectivity index (χ2v) is 8.03. The van der Waals surface area contributed by atoms with Crippen LogP contribution in [-0.2, 0) is 4.79 Å². The van der Waals surface area contributed by atoms with Crippen LogP contribution in [0.1, 0.15) is 31.4 Å². The zero-order valence-corrected chi connectivity index (χ0v) is 17.1. The quantitative estimate of drug-likeness (QED) is 0.683. The maximum atomic E-state index is 13.0. The van der Waals surface area contributed by atoms with Crippen LogP contribution in [-0.4, -0.2) is 36.6 Å². The van der Waals surface area contributed by atoms with E-state index in [1.807, 2.05) is 43.3 Å². The van der Waals surface area contributed by atoms with Crippen molar-refractivity contribution in [3.8, 4) is 11.5 Å². The third-order valence-electron chi connectivity index (χ3n) is 6.14. The van der Waals surface area contributed by atoms with Gasteiger partial charge in [0.2, 0.25) is 5.91 Å². The molecule has 0 bridgehead atoms. The number of hydrogen-bond acceptors (Lipinski definition) is 4. The molecule has 1 amide bonds. The number of fused-ring (bicyclic) bond motifs is 2. The molecule has 0 aromatic heterocycles. The van der Waals surface area contributed by atoms with Crippen LogP contribution >= 0.6 is 0 Å². The van der Waals surface area contributed by atoms with Gasteiger partial charge in [0, 0.05) is 11.7 Å². The number of ether oxygens (including phenoxy) is 2. The maximum absolute atomic E-state index is 13.0. The van der Waals surface area contributed by atoms with Crippen molar-refractivity contribution in [2.75, 3.05) is 25.1 Å². The lowest BCUT2D eigenvalue weighted by Crippen LogP contribution is -2.41. The first kappa shape index (κ1) is 18.9. The lowest BCUT2D eigenvalue weighted by atomic mass is 10.0. The Hall–Kier alpha value is -3.05. The second kappa shape index (κ2) is 8.00. The number of hydrogen-bond donors (Lipinski definition) is 1. The van der Waals surface area contributed by atoms with E-state index in [4.69, 9.17) is 9.47 Å². The van der Waals surface area contributed by atoms with Crippen molar-refractivity contribution in [3.63, 3.8) is 0 Å². The van der Waals surface area contributed by atoms with Gasteiger partial charge in [-0.05, 0) is 66.9 Å². The summed E-state index contributed by atoms with van der Waals surface area (Å²) in [7, 11) is 0. The third-order valence-corrected chi connectivity index (χ3v) is 6.14. The topological polar surface area (TPSA) is 50.8 Å². The first-order valence-corrected chi connectivity index (χ1v) is 10.6. The Morgan fingerprint density at radius 1 is 1.00 bits per heavy atom. The molecule has 0 aliphatic carbocycles. The van der Waals surface area contributed by atoms with Crippen molar-refractivity contribution in [2.45, 2.75) is 31.8 Å². The molecule has 30 heavy (non-hydrogen) atoms. The monoisotopic (exact) mass is 402 g/mol. The number of carbonyl (C=O) groups is 1. The molecule has 2 aliphatic heterocycles. The predicted molar refractivity (Wildman–Crippen MR) is 118 cm³/mol. The molecular weight excluding hydrogens is 376 g/mol. The Morgan fingerprint density at radius 2 is 1.80 bits per heavy atom. The van der Waals surface area contributed by atoms with Gasteiger partial charge in [0.1, 0.15) is 13.2 Å². The van der Waals surface area contributed by atoms with Gasteiger partial charge >= 0.3 is 0 Å². The molecule has 2 heterocycles. The van der Waals surface area contributed by atoms with Gasteiger partial charge in [-0.3, -0.25) is 9.69 Å². The van der Waals surface area contributed by atoms with E-state index in [1.165, 1.54) is 10.9 Å². The average Bonchev–Trinajstić information content (AvgIpc) is 3.28. The van der Waals surface area contributed by atoms with E-state index in [0.717, 1.165) is 42.0 Å². The SMILES string of the molecule is C[C@@H](C(=O)Nc1ccc2ccccc2c1)N1CCC[C@H]1c1ccc2c(c1)OCCO2. The molecule has 1 N–H and O–H groups in total. The Labute approximate surface area is 176 Å². The Bertz CT molecular complexity index is 1080. The molecule has 0 spiro atoms. The van der Waals surface area contributed by atoms with Crippen molar-refractivity contribution in [3.05, 3.63) is 66.2 Å². The standard InChI is InChI=1S/C25H26N2O3/c1-17(25(28)26-21-10-8-18-5-2-3-6-19(18)15-21)27-12-4-7-22(27)20-9-11-23-24(16-20)30-14-13-29-23/h2-3,5-6,8-11,15-17,22H,4,7,12-14H2,1H3,(H,26,28)/t17-,22-/m0/s1. The van der Waals surface area contributed by atoms with Crippen molar-refractivity contribution in [1.82, 2.24) is 4.90 Å². The molecule has 3 aromatic carbocycles. The minimum atomic E-state index is -0.225. The summed E-state index contributed by atoms with van der Waals surface area (Å²) >= 11 is 0. The number of nitrogens with one attached hydrogen (secondary N) is 1. The van der Waals surface area contributed by atoms with E-state index in [-0.39, 0.29) is 18.0 Å². The molecule has 3 aromatic rings. The summed E-state index contributed by atoms with van der Waals surface area (Å²) < 4.78 is 11.4. The minimum absolute atomic E-state index is 0.0229. The number of rotatable bonds is 4. The molecule has 1 saturated heterocycles. The van der Waals surface area contributed by atoms with Gasteiger partial charge in [-0.15, -0.1) is 0 Å². The molecule has 5 heteroatoms. The van der Waals surface area contributed by atoms with Gasteiger partial charge in [-0.25, -0.2) is 0 Å². The average molecular weight is 402 g/mol. The molecule has 5 nitrogen and oxygen atoms in total. The number of likely N-dealkylation sites (tertiary alicyclic amines) is 1. The number of nitrogens with zero attached hydrogens (tertiary/aromatic N) is 1. The predicted octanol–water partition coefficient (Wildman–Crippen LogP) is 4.78. The number of benzene rings is 3. The summed E-state index contributed by atoms with van der Waals surface area (Å²) in [6.45, 7) is 4.07. The molecular formula is C25H26N2O3. The Morgan fingerprint density at radius 3 is 2.67 bits per heavy atom. The van der Waals surface area contributed by atoms with Gasteiger partial charge in [0.15, 0.2) is 11.5 Å². The summed E-state index contributed by atoms with van der Waals surface area (Å²) in [5.74, 6) is 1.63. The van der Waals surface area contributed by atoms with Crippen molar-refractivity contribution < 1.29 is 14.3 Å². The fraction of sp³-hybridized carbons (Fsp3) is 0.320. The molecule has 2 aliphatic rings. The summed E-state index contributed by atoms with van der Waals surface area (Å²) in [6, 6.07) is 20.4. The van der Waals surface area contributed by atoms with Gasteiger partial charge in [-0.1, -0.05) is 36.4 Å². The highest BCUT2D eigenvalue weighted by Crippen LogP contribution is 2.39. The van der Waals surface area contributed by atoms with Crippen LogP contribution in [0.15, 0.2) is 60.7 Å². The number of anilines is 1. The summed E-state index contributed by atoms with van der Waals surface area (Å²) in [5.41, 5.74) is 2.02. The number of amides is 1. The third kappa shape index (κ3) is 3.61. The minimum Gasteiger partial charge on any atom is -0.486 e. The lowest BCUT2D eigenvalue weighted by Gasteiger charge is -2.31. The van der Waals surface area contributed by atoms with E-state index < -0.39 is 0 Å². The second-order valence-electron chi connectivity index (χ2n) is 8.03. The van der Waals surface area contributed by atoms with Crippen molar-refractivity contribution in [2.24, 2.45) is 0 Å². The Kier molecular flexibility index (Phi) is 5.05. The number of carbonyl (C=O) groups excluding carboxylic acids is 1. The zero-order chi connectivity index (χ0) is 20.5. The first-order chi connectivity index (χ1) is 14.7. The van der Waals surface area contributed by atoms with Crippen LogP contribution in [0, 0.1) is 0 Å². The van der Waals surface area contributed by atoms with E-state index in [9.17, 15) is 4.79 Å². The van der Waals surface area contributed by atoms with E-state index in [1.54, 1.807) is 0 Å². The van der Waals surface area contributed by atoms with Gasteiger partial charge < -0.3 is 14.8 Å². The van der Waals surface area contributed by atoms with Crippen molar-refractivity contribution in [1.29, 1.82) is 0 Å². The van der Waals surface area contributed by atoms with E-state index in [0.29, 0.717) is 13.2 Å². The normalized spacial score (nSPS) is 19.6. The summed E-state index contributed by atoms with van der Waals surface area (Å²) in [4.78, 5) is 15.3. The van der Waals surface area contributed by atoms with Crippen molar-refractivity contribution >= 4 is 22.4 Å². The van der Waals surface area contributed by atoms with Gasteiger partial charge in [0.05, 0.1) is 6.04 Å². The highest BCUT2D eigenvalue weighted by atomic mass is 16.6. The molecule has 0 radical (unpaired) electrons. The van der Waals surface area contributed by atoms with Crippen LogP contribution < -0.4 is 14.8 Å².